The Labute approximate surface area is 244 Å². The fourth-order valence-electron chi connectivity index (χ4n) is 6.20. The molecule has 41 heavy (non-hydrogen) atoms. The summed E-state index contributed by atoms with van der Waals surface area (Å²) in [5, 5.41) is 3.11. The van der Waals surface area contributed by atoms with E-state index >= 15 is 0 Å². The maximum Gasteiger partial charge on any atom is 0.253 e. The fourth-order valence-corrected chi connectivity index (χ4v) is 6.20. The second-order valence-corrected chi connectivity index (χ2v) is 11.5. The second kappa shape index (κ2) is 13.8. The number of piperidine rings is 1. The zero-order valence-electron chi connectivity index (χ0n) is 24.5. The summed E-state index contributed by atoms with van der Waals surface area (Å²) in [6.07, 6.45) is 9.04. The van der Waals surface area contributed by atoms with Crippen molar-refractivity contribution in [1.29, 1.82) is 0 Å². The van der Waals surface area contributed by atoms with Crippen LogP contribution in [0, 0.1) is 6.92 Å². The van der Waals surface area contributed by atoms with Gasteiger partial charge in [-0.1, -0.05) is 24.3 Å². The van der Waals surface area contributed by atoms with E-state index < -0.39 is 0 Å². The molecule has 5 rings (SSSR count). The number of hydrogen-bond acceptors (Lipinski definition) is 5. The summed E-state index contributed by atoms with van der Waals surface area (Å²) in [5.41, 5.74) is 4.65. The lowest BCUT2D eigenvalue weighted by atomic mass is 9.99. The first-order chi connectivity index (χ1) is 20.0. The van der Waals surface area contributed by atoms with Crippen molar-refractivity contribution in [1.82, 2.24) is 20.1 Å². The number of para-hydroxylation sites is 1. The van der Waals surface area contributed by atoms with Gasteiger partial charge < -0.3 is 20.0 Å². The lowest BCUT2D eigenvalue weighted by Crippen LogP contribution is -2.48. The number of rotatable bonds is 10. The highest BCUT2D eigenvalue weighted by molar-refractivity contribution is 5.99. The standard InChI is InChI=1S/C34H43N5O2/c1-26-23-29(34(41)38-19-6-7-20-38)12-13-32(26)33(40)36-18-14-27(2)37-21-15-31(16-22-37)39(30-10-4-3-5-11-30)25-28-9-8-17-35-24-28/h3-5,8-13,17,23-24,27,31H,6-7,14-16,18-22,25H2,1-2H3,(H,36,40)/t27-/m1/s1. The predicted octanol–water partition coefficient (Wildman–Crippen LogP) is 5.31. The van der Waals surface area contributed by atoms with Gasteiger partial charge in [0.25, 0.3) is 11.8 Å². The van der Waals surface area contributed by atoms with Crippen LogP contribution in [-0.2, 0) is 6.54 Å². The Kier molecular flexibility index (Phi) is 9.67. The largest absolute Gasteiger partial charge is 0.364 e. The quantitative estimate of drug-likeness (QED) is 0.369. The Balaban J connectivity index is 1.10. The monoisotopic (exact) mass is 553 g/mol. The molecule has 7 nitrogen and oxygen atoms in total. The summed E-state index contributed by atoms with van der Waals surface area (Å²) in [6.45, 7) is 9.40. The summed E-state index contributed by atoms with van der Waals surface area (Å²) in [6, 6.07) is 21.2. The molecule has 2 amide bonds. The van der Waals surface area contributed by atoms with Crippen molar-refractivity contribution in [3.8, 4) is 0 Å². The van der Waals surface area contributed by atoms with Crippen molar-refractivity contribution in [3.05, 3.63) is 95.3 Å². The topological polar surface area (TPSA) is 68.8 Å². The van der Waals surface area contributed by atoms with Gasteiger partial charge in [0.15, 0.2) is 0 Å². The average molecular weight is 554 g/mol. The van der Waals surface area contributed by atoms with Crippen LogP contribution in [0.3, 0.4) is 0 Å². The van der Waals surface area contributed by atoms with Gasteiger partial charge >= 0.3 is 0 Å². The molecule has 0 aliphatic carbocycles. The van der Waals surface area contributed by atoms with Crippen molar-refractivity contribution in [2.45, 2.75) is 64.6 Å². The van der Waals surface area contributed by atoms with Gasteiger partial charge in [-0.25, -0.2) is 0 Å². The molecule has 0 unspecified atom stereocenters. The lowest BCUT2D eigenvalue weighted by Gasteiger charge is -2.42. The number of anilines is 1. The van der Waals surface area contributed by atoms with Crippen LogP contribution in [0.25, 0.3) is 0 Å². The van der Waals surface area contributed by atoms with Crippen LogP contribution in [0.15, 0.2) is 73.1 Å². The van der Waals surface area contributed by atoms with E-state index in [1.54, 1.807) is 12.1 Å². The molecule has 2 saturated heterocycles. The highest BCUT2D eigenvalue weighted by Crippen LogP contribution is 2.27. The molecule has 0 spiro atoms. The summed E-state index contributed by atoms with van der Waals surface area (Å²) >= 11 is 0. The molecule has 2 fully saturated rings. The maximum atomic E-state index is 12.9. The van der Waals surface area contributed by atoms with Crippen molar-refractivity contribution >= 4 is 17.5 Å². The number of aryl methyl sites for hydroxylation is 1. The van der Waals surface area contributed by atoms with E-state index in [0.717, 1.165) is 70.4 Å². The van der Waals surface area contributed by atoms with E-state index in [1.165, 1.54) is 11.3 Å². The van der Waals surface area contributed by atoms with Crippen LogP contribution < -0.4 is 10.2 Å². The van der Waals surface area contributed by atoms with E-state index in [0.29, 0.717) is 29.8 Å². The Morgan fingerprint density at radius 1 is 1.00 bits per heavy atom. The number of hydrogen-bond donors (Lipinski definition) is 1. The van der Waals surface area contributed by atoms with Gasteiger partial charge in [-0.2, -0.15) is 0 Å². The van der Waals surface area contributed by atoms with Crippen molar-refractivity contribution in [2.75, 3.05) is 37.6 Å². The molecule has 3 heterocycles. The molecule has 7 heteroatoms. The minimum Gasteiger partial charge on any atom is -0.364 e. The molecule has 0 bridgehead atoms. The van der Waals surface area contributed by atoms with Gasteiger partial charge in [0, 0.05) is 80.6 Å². The van der Waals surface area contributed by atoms with Crippen LogP contribution in [0.5, 0.6) is 0 Å². The first kappa shape index (κ1) is 28.8. The fraction of sp³-hybridized carbons (Fsp3) is 0.441. The Morgan fingerprint density at radius 3 is 2.44 bits per heavy atom. The molecule has 1 atom stereocenters. The maximum absolute atomic E-state index is 12.9. The molecule has 2 aliphatic rings. The summed E-state index contributed by atoms with van der Waals surface area (Å²) in [7, 11) is 0. The number of likely N-dealkylation sites (tertiary alicyclic amines) is 2. The van der Waals surface area contributed by atoms with Gasteiger partial charge in [0.2, 0.25) is 0 Å². The van der Waals surface area contributed by atoms with Gasteiger partial charge in [-0.05, 0) is 93.5 Å². The summed E-state index contributed by atoms with van der Waals surface area (Å²) in [4.78, 5) is 37.0. The minimum absolute atomic E-state index is 0.0671. The smallest absolute Gasteiger partial charge is 0.253 e. The number of nitrogens with zero attached hydrogens (tertiary/aromatic N) is 4. The van der Waals surface area contributed by atoms with Crippen LogP contribution in [-0.4, -0.2) is 71.4 Å². The van der Waals surface area contributed by atoms with Gasteiger partial charge in [-0.3, -0.25) is 14.6 Å². The van der Waals surface area contributed by atoms with E-state index in [9.17, 15) is 9.59 Å². The van der Waals surface area contributed by atoms with Crippen molar-refractivity contribution in [2.24, 2.45) is 0 Å². The zero-order chi connectivity index (χ0) is 28.6. The van der Waals surface area contributed by atoms with E-state index in [-0.39, 0.29) is 11.8 Å². The second-order valence-electron chi connectivity index (χ2n) is 11.5. The average Bonchev–Trinajstić information content (AvgIpc) is 3.56. The predicted molar refractivity (Wildman–Crippen MR) is 164 cm³/mol. The number of carbonyl (C=O) groups is 2. The molecule has 1 aromatic heterocycles. The molecule has 1 N–H and O–H groups in total. The third kappa shape index (κ3) is 7.33. The van der Waals surface area contributed by atoms with Crippen LogP contribution in [0.2, 0.25) is 0 Å². The molecule has 2 aromatic carbocycles. The number of nitrogens with one attached hydrogen (secondary N) is 1. The van der Waals surface area contributed by atoms with Crippen molar-refractivity contribution in [3.63, 3.8) is 0 Å². The van der Waals surface area contributed by atoms with Crippen LogP contribution >= 0.6 is 0 Å². The SMILES string of the molecule is Cc1cc(C(=O)N2CCCC2)ccc1C(=O)NCC[C@@H](C)N1CCC(N(Cc2cccnc2)c2ccccc2)CC1. The number of amides is 2. The summed E-state index contributed by atoms with van der Waals surface area (Å²) in [5.74, 6) is 0.00148. The zero-order valence-corrected chi connectivity index (χ0v) is 24.5. The first-order valence-electron chi connectivity index (χ1n) is 15.1. The van der Waals surface area contributed by atoms with Crippen LogP contribution in [0.4, 0.5) is 5.69 Å². The van der Waals surface area contributed by atoms with Gasteiger partial charge in [0.1, 0.15) is 0 Å². The van der Waals surface area contributed by atoms with E-state index in [1.807, 2.05) is 36.4 Å². The third-order valence-corrected chi connectivity index (χ3v) is 8.69. The van der Waals surface area contributed by atoms with Crippen molar-refractivity contribution < 1.29 is 9.59 Å². The molecule has 2 aliphatic heterocycles. The molecule has 3 aromatic rings. The molecule has 0 saturated carbocycles. The number of aromatic nitrogens is 1. The summed E-state index contributed by atoms with van der Waals surface area (Å²) < 4.78 is 0. The Bertz CT molecular complexity index is 1280. The van der Waals surface area contributed by atoms with Gasteiger partial charge in [0.05, 0.1) is 0 Å². The number of benzene rings is 2. The van der Waals surface area contributed by atoms with Crippen LogP contribution in [0.1, 0.15) is 70.9 Å². The molecule has 216 valence electrons. The van der Waals surface area contributed by atoms with E-state index in [2.05, 4.69) is 63.4 Å². The third-order valence-electron chi connectivity index (χ3n) is 8.69. The normalized spacial score (nSPS) is 16.9. The van der Waals surface area contributed by atoms with E-state index in [4.69, 9.17) is 0 Å². The lowest BCUT2D eigenvalue weighted by molar-refractivity contribution is 0.0791. The highest BCUT2D eigenvalue weighted by Gasteiger charge is 2.27. The molecular formula is C34H43N5O2. The Hall–Kier alpha value is -3.71. The number of pyridine rings is 1. The minimum atomic E-state index is -0.0671. The number of carbonyl (C=O) groups excluding carboxylic acids is 2. The first-order valence-corrected chi connectivity index (χ1v) is 15.1. The molecule has 0 radical (unpaired) electrons. The van der Waals surface area contributed by atoms with Gasteiger partial charge in [-0.15, -0.1) is 0 Å². The Morgan fingerprint density at radius 2 is 1.76 bits per heavy atom. The molecular weight excluding hydrogens is 510 g/mol. The highest BCUT2D eigenvalue weighted by atomic mass is 16.2.